The summed E-state index contributed by atoms with van der Waals surface area (Å²) in [6.07, 6.45) is 8.56. The van der Waals surface area contributed by atoms with E-state index in [0.717, 1.165) is 19.3 Å². The smallest absolute Gasteiger partial charge is 0.320 e. The Bertz CT molecular complexity index is 208. The van der Waals surface area contributed by atoms with Crippen molar-refractivity contribution in [1.29, 1.82) is 0 Å². The van der Waals surface area contributed by atoms with Gasteiger partial charge in [-0.2, -0.15) is 0 Å². The summed E-state index contributed by atoms with van der Waals surface area (Å²) in [6.45, 7) is 3.98. The molecule has 2 N–H and O–H groups in total. The highest BCUT2D eigenvalue weighted by Crippen LogP contribution is 2.03. The molecule has 0 aromatic rings. The number of carboxylic acid groups (broad SMARTS) is 1. The summed E-state index contributed by atoms with van der Waals surface area (Å²) in [7, 11) is 0. The molecular formula is C11H19NO2. The molecule has 3 heteroatoms. The largest absolute Gasteiger partial charge is 0.480 e. The minimum absolute atomic E-state index is 0.132. The molecule has 0 heterocycles. The number of aliphatic carboxylic acids is 1. The molecule has 0 amide bonds. The first-order valence-corrected chi connectivity index (χ1v) is 5.10. The third kappa shape index (κ3) is 4.88. The fourth-order valence-electron chi connectivity index (χ4n) is 1.21. The normalized spacial score (nSPS) is 14.4. The minimum atomic E-state index is -0.813. The lowest BCUT2D eigenvalue weighted by molar-refractivity contribution is -0.139. The number of unbranched alkanes of at least 4 members (excludes halogenated alkanes) is 1. The van der Waals surface area contributed by atoms with E-state index in [1.165, 1.54) is 0 Å². The maximum atomic E-state index is 10.8. The first-order valence-electron chi connectivity index (χ1n) is 5.10. The Morgan fingerprint density at radius 1 is 1.57 bits per heavy atom. The third-order valence-electron chi connectivity index (χ3n) is 2.16. The zero-order chi connectivity index (χ0) is 11.0. The second-order valence-corrected chi connectivity index (χ2v) is 3.33. The molecule has 0 saturated heterocycles. The SMILES string of the molecule is C#CC(CC)NC(CCCC)C(=O)O. The van der Waals surface area contributed by atoms with E-state index in [9.17, 15) is 4.79 Å². The van der Waals surface area contributed by atoms with Gasteiger partial charge >= 0.3 is 5.97 Å². The second-order valence-electron chi connectivity index (χ2n) is 3.33. The lowest BCUT2D eigenvalue weighted by atomic mass is 10.1. The van der Waals surface area contributed by atoms with Crippen molar-refractivity contribution in [2.45, 2.75) is 51.6 Å². The Labute approximate surface area is 85.9 Å². The molecule has 0 aliphatic carbocycles. The van der Waals surface area contributed by atoms with E-state index < -0.39 is 12.0 Å². The monoisotopic (exact) mass is 197 g/mol. The molecule has 3 nitrogen and oxygen atoms in total. The summed E-state index contributed by atoms with van der Waals surface area (Å²) in [5.74, 6) is 1.73. The molecule has 0 aromatic carbocycles. The van der Waals surface area contributed by atoms with Crippen molar-refractivity contribution < 1.29 is 9.90 Å². The highest BCUT2D eigenvalue weighted by Gasteiger charge is 2.18. The third-order valence-corrected chi connectivity index (χ3v) is 2.16. The molecule has 0 radical (unpaired) electrons. The Kier molecular flexibility index (Phi) is 6.87. The molecule has 0 saturated carbocycles. The van der Waals surface area contributed by atoms with Gasteiger partial charge in [0.2, 0.25) is 0 Å². The van der Waals surface area contributed by atoms with E-state index >= 15 is 0 Å². The van der Waals surface area contributed by atoms with Crippen LogP contribution in [0.1, 0.15) is 39.5 Å². The van der Waals surface area contributed by atoms with Crippen LogP contribution in [0.15, 0.2) is 0 Å². The second kappa shape index (κ2) is 7.40. The molecule has 80 valence electrons. The van der Waals surface area contributed by atoms with Crippen LogP contribution >= 0.6 is 0 Å². The van der Waals surface area contributed by atoms with Crippen molar-refractivity contribution in [1.82, 2.24) is 5.32 Å². The molecule has 2 unspecified atom stereocenters. The summed E-state index contributed by atoms with van der Waals surface area (Å²) >= 11 is 0. The molecule has 2 atom stereocenters. The van der Waals surface area contributed by atoms with Gasteiger partial charge in [-0.25, -0.2) is 0 Å². The van der Waals surface area contributed by atoms with E-state index in [2.05, 4.69) is 11.2 Å². The predicted octanol–water partition coefficient (Wildman–Crippen LogP) is 1.63. The van der Waals surface area contributed by atoms with Crippen molar-refractivity contribution in [2.24, 2.45) is 0 Å². The van der Waals surface area contributed by atoms with E-state index in [4.69, 9.17) is 11.5 Å². The Hall–Kier alpha value is -1.01. The van der Waals surface area contributed by atoms with E-state index in [-0.39, 0.29) is 6.04 Å². The van der Waals surface area contributed by atoms with Gasteiger partial charge in [0.25, 0.3) is 0 Å². The van der Waals surface area contributed by atoms with Gasteiger partial charge in [0, 0.05) is 0 Å². The summed E-state index contributed by atoms with van der Waals surface area (Å²) in [5, 5.41) is 11.9. The van der Waals surface area contributed by atoms with E-state index in [1.54, 1.807) is 0 Å². The van der Waals surface area contributed by atoms with Crippen LogP contribution in [0.3, 0.4) is 0 Å². The molecule has 0 bridgehead atoms. The van der Waals surface area contributed by atoms with Gasteiger partial charge in [-0.15, -0.1) is 6.42 Å². The highest BCUT2D eigenvalue weighted by molar-refractivity contribution is 5.73. The molecule has 0 aromatic heterocycles. The highest BCUT2D eigenvalue weighted by atomic mass is 16.4. The molecule has 14 heavy (non-hydrogen) atoms. The molecular weight excluding hydrogens is 178 g/mol. The zero-order valence-corrected chi connectivity index (χ0v) is 8.92. The number of rotatable bonds is 7. The van der Waals surface area contributed by atoms with Gasteiger partial charge in [-0.05, 0) is 12.8 Å². The van der Waals surface area contributed by atoms with Gasteiger partial charge in [0.15, 0.2) is 0 Å². The zero-order valence-electron chi connectivity index (χ0n) is 8.92. The number of terminal acetylenes is 1. The van der Waals surface area contributed by atoms with E-state index in [0.29, 0.717) is 6.42 Å². The summed E-state index contributed by atoms with van der Waals surface area (Å²) in [6, 6.07) is -0.635. The standard InChI is InChI=1S/C11H19NO2/c1-4-7-8-10(11(13)14)12-9(5-2)6-3/h2,9-10,12H,4,6-8H2,1,3H3,(H,13,14). The number of hydrogen-bond donors (Lipinski definition) is 2. The quantitative estimate of drug-likeness (QED) is 0.610. The van der Waals surface area contributed by atoms with Crippen LogP contribution in [-0.2, 0) is 4.79 Å². The average molecular weight is 197 g/mol. The first-order chi connectivity index (χ1) is 6.65. The summed E-state index contributed by atoms with van der Waals surface area (Å²) in [5.41, 5.74) is 0. The van der Waals surface area contributed by atoms with Crippen LogP contribution in [0, 0.1) is 12.3 Å². The van der Waals surface area contributed by atoms with Crippen LogP contribution in [0.2, 0.25) is 0 Å². The van der Waals surface area contributed by atoms with Gasteiger partial charge < -0.3 is 5.11 Å². The van der Waals surface area contributed by atoms with Gasteiger partial charge in [0.1, 0.15) is 6.04 Å². The lowest BCUT2D eigenvalue weighted by Crippen LogP contribution is -2.42. The fourth-order valence-corrected chi connectivity index (χ4v) is 1.21. The summed E-state index contributed by atoms with van der Waals surface area (Å²) in [4.78, 5) is 10.8. The van der Waals surface area contributed by atoms with Crippen molar-refractivity contribution in [3.8, 4) is 12.3 Å². The topological polar surface area (TPSA) is 49.3 Å². The maximum absolute atomic E-state index is 10.8. The number of carboxylic acids is 1. The molecule has 0 aliphatic heterocycles. The van der Waals surface area contributed by atoms with Gasteiger partial charge in [-0.3, -0.25) is 10.1 Å². The molecule has 0 aliphatic rings. The number of hydrogen-bond acceptors (Lipinski definition) is 2. The fraction of sp³-hybridized carbons (Fsp3) is 0.727. The Morgan fingerprint density at radius 3 is 2.57 bits per heavy atom. The first kappa shape index (κ1) is 13.0. The number of nitrogens with one attached hydrogen (secondary N) is 1. The van der Waals surface area contributed by atoms with E-state index in [1.807, 2.05) is 13.8 Å². The van der Waals surface area contributed by atoms with Gasteiger partial charge in [0.05, 0.1) is 6.04 Å². The lowest BCUT2D eigenvalue weighted by Gasteiger charge is -2.17. The molecule has 0 rings (SSSR count). The molecule has 0 fully saturated rings. The average Bonchev–Trinajstić information content (AvgIpc) is 2.18. The van der Waals surface area contributed by atoms with Crippen LogP contribution in [0.5, 0.6) is 0 Å². The number of carbonyl (C=O) groups is 1. The predicted molar refractivity (Wildman–Crippen MR) is 57.0 cm³/mol. The van der Waals surface area contributed by atoms with Crippen LogP contribution in [0.25, 0.3) is 0 Å². The minimum Gasteiger partial charge on any atom is -0.480 e. The Morgan fingerprint density at radius 2 is 2.21 bits per heavy atom. The van der Waals surface area contributed by atoms with Crippen LogP contribution in [0.4, 0.5) is 0 Å². The van der Waals surface area contributed by atoms with Crippen molar-refractivity contribution >= 4 is 5.97 Å². The van der Waals surface area contributed by atoms with Crippen molar-refractivity contribution in [2.75, 3.05) is 0 Å². The van der Waals surface area contributed by atoms with Gasteiger partial charge in [-0.1, -0.05) is 32.6 Å². The van der Waals surface area contributed by atoms with Crippen molar-refractivity contribution in [3.05, 3.63) is 0 Å². The van der Waals surface area contributed by atoms with Crippen molar-refractivity contribution in [3.63, 3.8) is 0 Å². The van der Waals surface area contributed by atoms with Crippen LogP contribution in [-0.4, -0.2) is 23.2 Å². The maximum Gasteiger partial charge on any atom is 0.320 e. The Balaban J connectivity index is 4.08. The molecule has 0 spiro atoms. The summed E-state index contributed by atoms with van der Waals surface area (Å²) < 4.78 is 0. The van der Waals surface area contributed by atoms with Crippen LogP contribution < -0.4 is 5.32 Å².